The van der Waals surface area contributed by atoms with E-state index >= 15 is 0 Å². The average molecular weight is 635 g/mol. The van der Waals surface area contributed by atoms with E-state index in [0.29, 0.717) is 21.7 Å². The molecule has 0 heterocycles. The molecular formula is C48H58. The molecular weight excluding hydrogens is 577 g/mol. The first kappa shape index (κ1) is 30.2. The SMILES string of the molecule is C1=CC2(CCCCC2)c2cc3c(cc2C12CCCCC2)CC=C3CCC1=CCc2cc3c(cc21)C1(C=CC32CCCCC2)CCCCC1. The van der Waals surface area contributed by atoms with Crippen LogP contribution in [0.25, 0.3) is 11.1 Å². The second-order valence-electron chi connectivity index (χ2n) is 18.0. The Morgan fingerprint density at radius 1 is 0.354 bits per heavy atom. The van der Waals surface area contributed by atoms with Gasteiger partial charge in [-0.1, -0.05) is 138 Å². The molecule has 0 saturated heterocycles. The Bertz CT molecular complexity index is 1600. The third-order valence-electron chi connectivity index (χ3n) is 15.6. The average Bonchev–Trinajstić information content (AvgIpc) is 3.75. The molecule has 2 aromatic rings. The highest BCUT2D eigenvalue weighted by molar-refractivity contribution is 5.80. The highest BCUT2D eigenvalue weighted by Gasteiger charge is 2.46. The number of rotatable bonds is 3. The summed E-state index contributed by atoms with van der Waals surface area (Å²) in [6, 6.07) is 11.0. The summed E-state index contributed by atoms with van der Waals surface area (Å²) in [5.74, 6) is 0. The van der Waals surface area contributed by atoms with Crippen molar-refractivity contribution in [1.29, 1.82) is 0 Å². The zero-order valence-electron chi connectivity index (χ0n) is 29.7. The van der Waals surface area contributed by atoms with Crippen LogP contribution in [0.4, 0.5) is 0 Å². The Labute approximate surface area is 291 Å². The number of fused-ring (bicyclic) bond motifs is 8. The molecule has 8 aliphatic carbocycles. The normalized spacial score (nSPS) is 26.7. The monoisotopic (exact) mass is 634 g/mol. The number of hydrogen-bond acceptors (Lipinski definition) is 0. The van der Waals surface area contributed by atoms with Gasteiger partial charge in [0.05, 0.1) is 0 Å². The van der Waals surface area contributed by atoms with Gasteiger partial charge in [-0.25, -0.2) is 0 Å². The minimum atomic E-state index is 0.296. The predicted molar refractivity (Wildman–Crippen MR) is 203 cm³/mol. The molecule has 0 N–H and O–H groups in total. The number of allylic oxidation sites excluding steroid dienone is 8. The molecule has 0 aromatic heterocycles. The summed E-state index contributed by atoms with van der Waals surface area (Å²) < 4.78 is 0. The summed E-state index contributed by atoms with van der Waals surface area (Å²) in [5.41, 5.74) is 18.0. The lowest BCUT2D eigenvalue weighted by molar-refractivity contribution is 0.306. The van der Waals surface area contributed by atoms with Crippen molar-refractivity contribution < 1.29 is 0 Å². The van der Waals surface area contributed by atoms with Crippen molar-refractivity contribution in [1.82, 2.24) is 0 Å². The van der Waals surface area contributed by atoms with Crippen molar-refractivity contribution in [2.45, 2.75) is 176 Å². The Morgan fingerprint density at radius 2 is 0.646 bits per heavy atom. The maximum Gasteiger partial charge on any atom is 0.0135 e. The van der Waals surface area contributed by atoms with Crippen LogP contribution >= 0.6 is 0 Å². The quantitative estimate of drug-likeness (QED) is 0.295. The van der Waals surface area contributed by atoms with Crippen molar-refractivity contribution >= 4 is 11.1 Å². The molecule has 0 heteroatoms. The van der Waals surface area contributed by atoms with Gasteiger partial charge in [0.1, 0.15) is 0 Å². The van der Waals surface area contributed by atoms with E-state index in [2.05, 4.69) is 60.7 Å². The van der Waals surface area contributed by atoms with Crippen molar-refractivity contribution in [3.05, 3.63) is 105 Å². The first-order valence-corrected chi connectivity index (χ1v) is 20.8. The minimum Gasteiger partial charge on any atom is -0.0770 e. The fourth-order valence-corrected chi connectivity index (χ4v) is 12.8. The maximum absolute atomic E-state index is 2.77. The molecule has 0 aliphatic heterocycles. The largest absolute Gasteiger partial charge is 0.0770 e. The van der Waals surface area contributed by atoms with Crippen LogP contribution < -0.4 is 0 Å². The fraction of sp³-hybridized carbons (Fsp3) is 0.583. The van der Waals surface area contributed by atoms with E-state index in [9.17, 15) is 0 Å². The van der Waals surface area contributed by atoms with Gasteiger partial charge in [0, 0.05) is 21.7 Å². The molecule has 4 saturated carbocycles. The van der Waals surface area contributed by atoms with Crippen LogP contribution in [0.15, 0.2) is 60.7 Å². The number of hydrogen-bond donors (Lipinski definition) is 0. The lowest BCUT2D eigenvalue weighted by Crippen LogP contribution is -2.39. The van der Waals surface area contributed by atoms with Gasteiger partial charge in [0.25, 0.3) is 0 Å². The van der Waals surface area contributed by atoms with Gasteiger partial charge < -0.3 is 0 Å². The standard InChI is InChI=1S/C48H58/c1-5-19-45(20-6-1)27-29-47(23-9-3-10-24-47)43-33-39-35(15-17-37(39)31-41(43)45)13-14-36-16-18-38-32-42-44(34-40(36)38)48(25-11-4-12-26-48)30-28-46(42)21-7-2-8-22-46/h15-16,27-34H,1-14,17-26H2. The maximum atomic E-state index is 2.77. The molecule has 10 rings (SSSR count). The van der Waals surface area contributed by atoms with Crippen molar-refractivity contribution in [2.75, 3.05) is 0 Å². The smallest absolute Gasteiger partial charge is 0.0135 e. The molecule has 0 radical (unpaired) electrons. The van der Waals surface area contributed by atoms with Gasteiger partial charge in [-0.2, -0.15) is 0 Å². The van der Waals surface area contributed by atoms with Crippen LogP contribution in [0, 0.1) is 0 Å². The Morgan fingerprint density at radius 3 is 0.958 bits per heavy atom. The van der Waals surface area contributed by atoms with Crippen LogP contribution in [-0.4, -0.2) is 0 Å². The third-order valence-corrected chi connectivity index (χ3v) is 15.6. The van der Waals surface area contributed by atoms with Crippen LogP contribution in [0.1, 0.15) is 186 Å². The van der Waals surface area contributed by atoms with E-state index in [1.54, 1.807) is 55.7 Å². The molecule has 4 spiro atoms. The molecule has 2 aromatic carbocycles. The van der Waals surface area contributed by atoms with Gasteiger partial charge in [-0.15, -0.1) is 0 Å². The first-order chi connectivity index (χ1) is 23.6. The molecule has 0 unspecified atom stereocenters. The fourth-order valence-electron chi connectivity index (χ4n) is 12.8. The van der Waals surface area contributed by atoms with Crippen molar-refractivity contribution in [3.8, 4) is 0 Å². The molecule has 48 heavy (non-hydrogen) atoms. The Balaban J connectivity index is 0.962. The Hall–Kier alpha value is -2.60. The highest BCUT2D eigenvalue weighted by Crippen LogP contribution is 2.56. The van der Waals surface area contributed by atoms with E-state index in [4.69, 9.17) is 0 Å². The van der Waals surface area contributed by atoms with Gasteiger partial charge in [-0.3, -0.25) is 0 Å². The van der Waals surface area contributed by atoms with Gasteiger partial charge in [0.2, 0.25) is 0 Å². The lowest BCUT2D eigenvalue weighted by Gasteiger charge is -2.47. The molecule has 4 fully saturated rings. The lowest BCUT2D eigenvalue weighted by atomic mass is 9.56. The third kappa shape index (κ3) is 4.59. The van der Waals surface area contributed by atoms with Crippen LogP contribution in [0.5, 0.6) is 0 Å². The van der Waals surface area contributed by atoms with E-state index in [-0.39, 0.29) is 0 Å². The van der Waals surface area contributed by atoms with E-state index in [1.165, 1.54) is 141 Å². The van der Waals surface area contributed by atoms with E-state index < -0.39 is 0 Å². The zero-order valence-corrected chi connectivity index (χ0v) is 29.7. The highest BCUT2D eigenvalue weighted by atomic mass is 14.5. The van der Waals surface area contributed by atoms with Gasteiger partial charge in [0.15, 0.2) is 0 Å². The van der Waals surface area contributed by atoms with E-state index in [0.717, 1.165) is 12.8 Å². The summed E-state index contributed by atoms with van der Waals surface area (Å²) in [4.78, 5) is 0. The second-order valence-corrected chi connectivity index (χ2v) is 18.0. The summed E-state index contributed by atoms with van der Waals surface area (Å²) in [6.45, 7) is 0. The summed E-state index contributed by atoms with van der Waals surface area (Å²) >= 11 is 0. The molecule has 0 nitrogen and oxygen atoms in total. The molecule has 0 atom stereocenters. The van der Waals surface area contributed by atoms with Gasteiger partial charge >= 0.3 is 0 Å². The van der Waals surface area contributed by atoms with Crippen LogP contribution in [0.2, 0.25) is 0 Å². The molecule has 0 bridgehead atoms. The summed E-state index contributed by atoms with van der Waals surface area (Å²) in [5, 5.41) is 0. The second kappa shape index (κ2) is 11.5. The summed E-state index contributed by atoms with van der Waals surface area (Å²) in [6.07, 6.45) is 48.6. The Kier molecular flexibility index (Phi) is 7.22. The van der Waals surface area contributed by atoms with Gasteiger partial charge in [-0.05, 0) is 133 Å². The summed E-state index contributed by atoms with van der Waals surface area (Å²) in [7, 11) is 0. The number of benzene rings is 2. The minimum absolute atomic E-state index is 0.296. The topological polar surface area (TPSA) is 0 Å². The molecule has 8 aliphatic rings. The van der Waals surface area contributed by atoms with Crippen LogP contribution in [-0.2, 0) is 34.5 Å². The van der Waals surface area contributed by atoms with E-state index in [1.807, 2.05) is 0 Å². The van der Waals surface area contributed by atoms with Crippen LogP contribution in [0.3, 0.4) is 0 Å². The predicted octanol–water partition coefficient (Wildman–Crippen LogP) is 13.0. The molecule has 250 valence electrons. The first-order valence-electron chi connectivity index (χ1n) is 20.8. The zero-order chi connectivity index (χ0) is 31.8. The van der Waals surface area contributed by atoms with Crippen molar-refractivity contribution in [2.24, 2.45) is 0 Å². The molecule has 0 amide bonds. The van der Waals surface area contributed by atoms with Crippen molar-refractivity contribution in [3.63, 3.8) is 0 Å².